The van der Waals surface area contributed by atoms with Crippen LogP contribution in [-0.2, 0) is 11.0 Å². The number of carbonyl (C=O) groups excluding carboxylic acids is 1. The van der Waals surface area contributed by atoms with E-state index in [2.05, 4.69) is 21.2 Å². The van der Waals surface area contributed by atoms with Crippen LogP contribution in [0.25, 0.3) is 0 Å². The van der Waals surface area contributed by atoms with E-state index in [1.54, 1.807) is 24.3 Å². The van der Waals surface area contributed by atoms with Crippen molar-refractivity contribution in [1.29, 1.82) is 0 Å². The third-order valence-corrected chi connectivity index (χ3v) is 3.91. The van der Waals surface area contributed by atoms with Crippen LogP contribution < -0.4 is 10.1 Å². The van der Waals surface area contributed by atoms with E-state index in [1.807, 2.05) is 0 Å². The third kappa shape index (κ3) is 4.88. The molecule has 0 spiro atoms. The van der Waals surface area contributed by atoms with Crippen LogP contribution in [0.15, 0.2) is 46.9 Å². The van der Waals surface area contributed by atoms with E-state index in [9.17, 15) is 18.0 Å². The summed E-state index contributed by atoms with van der Waals surface area (Å²) in [6, 6.07) is 9.51. The molecule has 1 N–H and O–H groups in total. The van der Waals surface area contributed by atoms with Crippen LogP contribution in [-0.4, -0.2) is 12.0 Å². The van der Waals surface area contributed by atoms with E-state index in [0.29, 0.717) is 5.75 Å². The molecule has 2 aromatic rings. The molecule has 8 heteroatoms. The molecule has 1 unspecified atom stereocenters. The van der Waals surface area contributed by atoms with Gasteiger partial charge in [0.15, 0.2) is 6.10 Å². The van der Waals surface area contributed by atoms with E-state index in [1.165, 1.54) is 6.92 Å². The van der Waals surface area contributed by atoms with Crippen molar-refractivity contribution in [2.75, 3.05) is 5.32 Å². The van der Waals surface area contributed by atoms with Crippen LogP contribution in [0.2, 0.25) is 5.02 Å². The second-order valence-electron chi connectivity index (χ2n) is 4.90. The number of hydrogen-bond acceptors (Lipinski definition) is 2. The molecule has 0 aliphatic carbocycles. The van der Waals surface area contributed by atoms with Crippen LogP contribution in [0, 0.1) is 0 Å². The Morgan fingerprint density at radius 2 is 1.83 bits per heavy atom. The topological polar surface area (TPSA) is 38.3 Å². The molecular weight excluding hydrogens is 411 g/mol. The number of nitrogens with one attached hydrogen (secondary N) is 1. The van der Waals surface area contributed by atoms with Crippen LogP contribution in [0.4, 0.5) is 18.9 Å². The Labute approximate surface area is 149 Å². The van der Waals surface area contributed by atoms with Gasteiger partial charge >= 0.3 is 6.18 Å². The second kappa shape index (κ2) is 7.44. The van der Waals surface area contributed by atoms with E-state index >= 15 is 0 Å². The Morgan fingerprint density at radius 3 is 2.42 bits per heavy atom. The predicted molar refractivity (Wildman–Crippen MR) is 89.3 cm³/mol. The zero-order valence-corrected chi connectivity index (χ0v) is 14.7. The fourth-order valence-electron chi connectivity index (χ4n) is 1.80. The first-order valence-corrected chi connectivity index (χ1v) is 7.94. The quantitative estimate of drug-likeness (QED) is 0.704. The maximum atomic E-state index is 12.7. The Morgan fingerprint density at radius 1 is 1.21 bits per heavy atom. The van der Waals surface area contributed by atoms with E-state index in [0.717, 1.165) is 22.7 Å². The lowest BCUT2D eigenvalue weighted by Gasteiger charge is -2.16. The molecule has 0 radical (unpaired) electrons. The molecule has 0 aromatic heterocycles. The summed E-state index contributed by atoms with van der Waals surface area (Å²) in [5.41, 5.74) is -1.02. The van der Waals surface area contributed by atoms with Crippen molar-refractivity contribution in [3.63, 3.8) is 0 Å². The van der Waals surface area contributed by atoms with Crippen molar-refractivity contribution in [2.24, 2.45) is 0 Å². The summed E-state index contributed by atoms with van der Waals surface area (Å²) in [7, 11) is 0. The lowest BCUT2D eigenvalue weighted by molar-refractivity contribution is -0.137. The molecule has 1 amide bonds. The zero-order chi connectivity index (χ0) is 17.9. The molecule has 0 aliphatic rings. The van der Waals surface area contributed by atoms with Gasteiger partial charge in [-0.15, -0.1) is 0 Å². The highest BCUT2D eigenvalue weighted by Gasteiger charge is 2.31. The fraction of sp³-hybridized carbons (Fsp3) is 0.188. The maximum Gasteiger partial charge on any atom is 0.416 e. The van der Waals surface area contributed by atoms with Gasteiger partial charge in [-0.05, 0) is 49.4 Å². The molecule has 0 saturated heterocycles. The first-order chi connectivity index (χ1) is 11.2. The van der Waals surface area contributed by atoms with Crippen LogP contribution in [0.5, 0.6) is 5.75 Å². The molecule has 0 heterocycles. The van der Waals surface area contributed by atoms with E-state index in [-0.39, 0.29) is 10.7 Å². The summed E-state index contributed by atoms with van der Waals surface area (Å²) in [5, 5.41) is 2.36. The minimum Gasteiger partial charge on any atom is -0.481 e. The molecule has 1 atom stereocenters. The largest absolute Gasteiger partial charge is 0.481 e. The normalized spacial score (nSPS) is 12.6. The van der Waals surface area contributed by atoms with Gasteiger partial charge in [0.1, 0.15) is 5.75 Å². The third-order valence-electron chi connectivity index (χ3n) is 3.05. The van der Waals surface area contributed by atoms with Crippen molar-refractivity contribution in [3.05, 3.63) is 57.5 Å². The molecule has 128 valence electrons. The van der Waals surface area contributed by atoms with Crippen LogP contribution >= 0.6 is 27.5 Å². The van der Waals surface area contributed by atoms with Crippen molar-refractivity contribution >= 4 is 39.1 Å². The molecule has 2 rings (SSSR count). The van der Waals surface area contributed by atoms with Crippen molar-refractivity contribution < 1.29 is 22.7 Å². The monoisotopic (exact) mass is 421 g/mol. The number of carbonyl (C=O) groups is 1. The molecule has 0 saturated carbocycles. The minimum atomic E-state index is -4.52. The molecule has 24 heavy (non-hydrogen) atoms. The SMILES string of the molecule is CC(Oc1ccc(Br)cc1)C(=O)Nc1cc(C(F)(F)F)ccc1Cl. The number of halogens is 5. The van der Waals surface area contributed by atoms with Crippen molar-refractivity contribution in [3.8, 4) is 5.75 Å². The molecule has 0 fully saturated rings. The Balaban J connectivity index is 2.09. The van der Waals surface area contributed by atoms with Crippen LogP contribution in [0.3, 0.4) is 0 Å². The Hall–Kier alpha value is -1.73. The number of ether oxygens (including phenoxy) is 1. The molecular formula is C16H12BrClF3NO2. The zero-order valence-electron chi connectivity index (χ0n) is 12.3. The van der Waals surface area contributed by atoms with E-state index < -0.39 is 23.8 Å². The molecule has 0 aliphatic heterocycles. The molecule has 3 nitrogen and oxygen atoms in total. The number of alkyl halides is 3. The lowest BCUT2D eigenvalue weighted by atomic mass is 10.2. The van der Waals surface area contributed by atoms with Gasteiger partial charge in [-0.3, -0.25) is 4.79 Å². The molecule has 2 aromatic carbocycles. The smallest absolute Gasteiger partial charge is 0.416 e. The van der Waals surface area contributed by atoms with Crippen molar-refractivity contribution in [2.45, 2.75) is 19.2 Å². The lowest BCUT2D eigenvalue weighted by Crippen LogP contribution is -2.30. The number of hydrogen-bond donors (Lipinski definition) is 1. The second-order valence-corrected chi connectivity index (χ2v) is 6.22. The first-order valence-electron chi connectivity index (χ1n) is 6.76. The number of anilines is 1. The summed E-state index contributed by atoms with van der Waals surface area (Å²) >= 11 is 9.12. The standard InChI is InChI=1S/C16H12BrClF3NO2/c1-9(24-12-5-3-11(17)4-6-12)15(23)22-14-8-10(16(19,20)21)2-7-13(14)18/h2-9H,1H3,(H,22,23). The van der Waals surface area contributed by atoms with Crippen LogP contribution in [0.1, 0.15) is 12.5 Å². The minimum absolute atomic E-state index is 0.00666. The summed E-state index contributed by atoms with van der Waals surface area (Å²) in [6.07, 6.45) is -5.44. The summed E-state index contributed by atoms with van der Waals surface area (Å²) in [4.78, 5) is 12.1. The average molecular weight is 423 g/mol. The van der Waals surface area contributed by atoms with Gasteiger partial charge in [0.25, 0.3) is 5.91 Å². The molecule has 0 bridgehead atoms. The number of benzene rings is 2. The summed E-state index contributed by atoms with van der Waals surface area (Å²) < 4.78 is 44.5. The Bertz CT molecular complexity index is 735. The maximum absolute atomic E-state index is 12.7. The van der Waals surface area contributed by atoms with Gasteiger partial charge in [-0.1, -0.05) is 27.5 Å². The van der Waals surface area contributed by atoms with Gasteiger partial charge in [0, 0.05) is 4.47 Å². The first kappa shape index (κ1) is 18.6. The highest BCUT2D eigenvalue weighted by molar-refractivity contribution is 9.10. The van der Waals surface area contributed by atoms with Gasteiger partial charge in [0.2, 0.25) is 0 Å². The van der Waals surface area contributed by atoms with E-state index in [4.69, 9.17) is 16.3 Å². The average Bonchev–Trinajstić information content (AvgIpc) is 2.50. The Kier molecular flexibility index (Phi) is 5.77. The van der Waals surface area contributed by atoms with Gasteiger partial charge in [-0.2, -0.15) is 13.2 Å². The summed E-state index contributed by atoms with van der Waals surface area (Å²) in [6.45, 7) is 1.49. The summed E-state index contributed by atoms with van der Waals surface area (Å²) in [5.74, 6) is -0.157. The fourth-order valence-corrected chi connectivity index (χ4v) is 2.23. The highest BCUT2D eigenvalue weighted by Crippen LogP contribution is 2.33. The van der Waals surface area contributed by atoms with Gasteiger partial charge < -0.3 is 10.1 Å². The number of rotatable bonds is 4. The predicted octanol–water partition coefficient (Wildman–Crippen LogP) is 5.53. The van der Waals surface area contributed by atoms with Crippen molar-refractivity contribution in [1.82, 2.24) is 0 Å². The number of amides is 1. The van der Waals surface area contributed by atoms with Gasteiger partial charge in [0.05, 0.1) is 16.3 Å². The highest BCUT2D eigenvalue weighted by atomic mass is 79.9. The van der Waals surface area contributed by atoms with Gasteiger partial charge in [-0.25, -0.2) is 0 Å².